The van der Waals surface area contributed by atoms with E-state index in [1.54, 1.807) is 0 Å². The summed E-state index contributed by atoms with van der Waals surface area (Å²) < 4.78 is 0. The predicted octanol–water partition coefficient (Wildman–Crippen LogP) is 3.92. The van der Waals surface area contributed by atoms with Crippen LogP contribution in [0.5, 0.6) is 0 Å². The Morgan fingerprint density at radius 3 is 2.27 bits per heavy atom. The van der Waals surface area contributed by atoms with Gasteiger partial charge in [-0.05, 0) is 47.1 Å². The summed E-state index contributed by atoms with van der Waals surface area (Å²) in [6, 6.07) is 7.62. The first-order chi connectivity index (χ1) is 12.5. The van der Waals surface area contributed by atoms with Crippen LogP contribution in [0.1, 0.15) is 43.2 Å². The van der Waals surface area contributed by atoms with Gasteiger partial charge in [0.15, 0.2) is 0 Å². The quantitative estimate of drug-likeness (QED) is 0.770. The molecule has 5 nitrogen and oxygen atoms in total. The third-order valence-corrected chi connectivity index (χ3v) is 5.55. The van der Waals surface area contributed by atoms with Crippen molar-refractivity contribution in [2.24, 2.45) is 5.92 Å². The smallest absolute Gasteiger partial charge is 0.338 e. The maximum Gasteiger partial charge on any atom is 0.338 e. The van der Waals surface area contributed by atoms with E-state index in [9.17, 15) is 19.8 Å². The lowest BCUT2D eigenvalue weighted by molar-refractivity contribution is -0.135. The molecule has 0 spiro atoms. The number of carbonyl (C=O) groups is 2. The minimum atomic E-state index is -1.35. The lowest BCUT2D eigenvalue weighted by Crippen LogP contribution is -2.28. The number of fused-ring (bicyclic) bond motifs is 3. The first kappa shape index (κ1) is 16.5. The molecule has 0 saturated heterocycles. The van der Waals surface area contributed by atoms with E-state index in [1.165, 1.54) is 0 Å². The standard InChI is InChI=1S/C21H19NO4/c22-19-14-10-12-8-4-5-9-13(12)16(14)15(11-6-2-1-3-7-11)17(20(23)24)18(19)21(25)26/h4-5,8-11,22H,1-3,6-7H2,(H,23,24)(H,25,26). The molecule has 0 amide bonds. The minimum absolute atomic E-state index is 0.0156. The van der Waals surface area contributed by atoms with Gasteiger partial charge >= 0.3 is 11.9 Å². The van der Waals surface area contributed by atoms with Gasteiger partial charge in [-0.15, -0.1) is 0 Å². The van der Waals surface area contributed by atoms with Gasteiger partial charge in [-0.25, -0.2) is 9.59 Å². The van der Waals surface area contributed by atoms with Gasteiger partial charge in [0.2, 0.25) is 0 Å². The zero-order valence-electron chi connectivity index (χ0n) is 14.2. The number of allylic oxidation sites excluding steroid dienone is 2. The van der Waals surface area contributed by atoms with E-state index in [-0.39, 0.29) is 22.8 Å². The number of hydrogen-bond donors (Lipinski definition) is 3. The Hall–Kier alpha value is -2.95. The van der Waals surface area contributed by atoms with Crippen molar-refractivity contribution in [3.8, 4) is 0 Å². The van der Waals surface area contributed by atoms with Crippen LogP contribution in [0.4, 0.5) is 0 Å². The maximum absolute atomic E-state index is 12.1. The summed E-state index contributed by atoms with van der Waals surface area (Å²) in [5.41, 5.74) is 2.92. The third kappa shape index (κ3) is 2.35. The summed E-state index contributed by atoms with van der Waals surface area (Å²) in [5.74, 6) is -2.60. The van der Waals surface area contributed by atoms with E-state index >= 15 is 0 Å². The van der Waals surface area contributed by atoms with Crippen molar-refractivity contribution in [1.29, 1.82) is 5.41 Å². The van der Waals surface area contributed by atoms with Crippen LogP contribution in [0.2, 0.25) is 0 Å². The monoisotopic (exact) mass is 349 g/mol. The first-order valence-electron chi connectivity index (χ1n) is 8.87. The Bertz CT molecular complexity index is 943. The molecule has 1 aromatic carbocycles. The summed E-state index contributed by atoms with van der Waals surface area (Å²) in [6.45, 7) is 0. The molecule has 0 bridgehead atoms. The lowest BCUT2D eigenvalue weighted by Gasteiger charge is -2.31. The van der Waals surface area contributed by atoms with Crippen molar-refractivity contribution >= 4 is 29.3 Å². The van der Waals surface area contributed by atoms with E-state index in [0.717, 1.165) is 48.8 Å². The summed E-state index contributed by atoms with van der Waals surface area (Å²) >= 11 is 0. The number of rotatable bonds is 3. The van der Waals surface area contributed by atoms with Crippen molar-refractivity contribution < 1.29 is 19.8 Å². The summed E-state index contributed by atoms with van der Waals surface area (Å²) in [6.07, 6.45) is 6.66. The molecule has 1 fully saturated rings. The normalized spacial score (nSPS) is 20.0. The maximum atomic E-state index is 12.1. The van der Waals surface area contributed by atoms with Gasteiger partial charge in [0.25, 0.3) is 0 Å². The molecule has 3 aliphatic carbocycles. The second-order valence-corrected chi connectivity index (χ2v) is 7.00. The number of benzene rings is 1. The molecule has 4 rings (SSSR count). The molecule has 0 aromatic heterocycles. The highest BCUT2D eigenvalue weighted by Crippen LogP contribution is 2.49. The molecule has 132 valence electrons. The van der Waals surface area contributed by atoms with Gasteiger partial charge in [-0.1, -0.05) is 43.5 Å². The molecule has 0 unspecified atom stereocenters. The molecule has 3 aliphatic rings. The first-order valence-corrected chi connectivity index (χ1v) is 8.87. The van der Waals surface area contributed by atoms with Crippen LogP contribution >= 0.6 is 0 Å². The molecule has 3 N–H and O–H groups in total. The highest BCUT2D eigenvalue weighted by atomic mass is 16.4. The Kier molecular flexibility index (Phi) is 3.87. The fourth-order valence-electron chi connectivity index (χ4n) is 4.47. The van der Waals surface area contributed by atoms with Gasteiger partial charge in [0.1, 0.15) is 0 Å². The molecule has 0 atom stereocenters. The van der Waals surface area contributed by atoms with Crippen LogP contribution < -0.4 is 0 Å². The second kappa shape index (κ2) is 6.09. The van der Waals surface area contributed by atoms with E-state index in [4.69, 9.17) is 5.41 Å². The topological polar surface area (TPSA) is 98.5 Å². The summed E-state index contributed by atoms with van der Waals surface area (Å²) in [4.78, 5) is 24.0. The Labute approximate surface area is 150 Å². The highest BCUT2D eigenvalue weighted by Gasteiger charge is 2.41. The number of nitrogens with one attached hydrogen (secondary N) is 1. The van der Waals surface area contributed by atoms with Gasteiger partial charge < -0.3 is 10.2 Å². The number of hydrogen-bond acceptors (Lipinski definition) is 3. The molecule has 1 aromatic rings. The van der Waals surface area contributed by atoms with E-state index in [2.05, 4.69) is 0 Å². The van der Waals surface area contributed by atoms with Crippen LogP contribution in [-0.4, -0.2) is 27.9 Å². The molecule has 0 aliphatic heterocycles. The second-order valence-electron chi connectivity index (χ2n) is 7.00. The Balaban J connectivity index is 2.06. The van der Waals surface area contributed by atoms with E-state index in [0.29, 0.717) is 11.1 Å². The Morgan fingerprint density at radius 1 is 0.962 bits per heavy atom. The van der Waals surface area contributed by atoms with E-state index in [1.807, 2.05) is 30.3 Å². The average molecular weight is 349 g/mol. The lowest BCUT2D eigenvalue weighted by atomic mass is 9.71. The molecular weight excluding hydrogens is 330 g/mol. The van der Waals surface area contributed by atoms with Crippen molar-refractivity contribution in [2.45, 2.75) is 32.1 Å². The van der Waals surface area contributed by atoms with Crippen molar-refractivity contribution in [3.05, 3.63) is 57.7 Å². The summed E-state index contributed by atoms with van der Waals surface area (Å²) in [5, 5.41) is 27.9. The zero-order valence-corrected chi connectivity index (χ0v) is 14.2. The molecule has 26 heavy (non-hydrogen) atoms. The molecular formula is C21H19NO4. The fraction of sp³-hybridized carbons (Fsp3) is 0.286. The SMILES string of the molecule is N=C1C2=Cc3ccccc3C2=C(C2CCCCC2)C(C(=O)O)=C1C(=O)O. The van der Waals surface area contributed by atoms with Gasteiger partial charge in [-0.2, -0.15) is 0 Å². The molecule has 5 heteroatoms. The van der Waals surface area contributed by atoms with Gasteiger partial charge in [0, 0.05) is 5.57 Å². The average Bonchev–Trinajstić information content (AvgIpc) is 3.02. The molecule has 0 radical (unpaired) electrons. The van der Waals surface area contributed by atoms with Gasteiger partial charge in [-0.3, -0.25) is 5.41 Å². The largest absolute Gasteiger partial charge is 0.478 e. The zero-order chi connectivity index (χ0) is 18.4. The predicted molar refractivity (Wildman–Crippen MR) is 97.9 cm³/mol. The minimum Gasteiger partial charge on any atom is -0.478 e. The number of carboxylic acids is 2. The number of carboxylic acid groups (broad SMARTS) is 2. The summed E-state index contributed by atoms with van der Waals surface area (Å²) in [7, 11) is 0. The van der Waals surface area contributed by atoms with Crippen LogP contribution in [0, 0.1) is 11.3 Å². The van der Waals surface area contributed by atoms with Crippen molar-refractivity contribution in [3.63, 3.8) is 0 Å². The van der Waals surface area contributed by atoms with Crippen LogP contribution in [0.15, 0.2) is 46.6 Å². The molecule has 0 heterocycles. The van der Waals surface area contributed by atoms with Crippen molar-refractivity contribution in [1.82, 2.24) is 0 Å². The molecule has 1 saturated carbocycles. The Morgan fingerprint density at radius 2 is 1.62 bits per heavy atom. The van der Waals surface area contributed by atoms with Crippen molar-refractivity contribution in [2.75, 3.05) is 0 Å². The van der Waals surface area contributed by atoms with Crippen LogP contribution in [-0.2, 0) is 9.59 Å². The van der Waals surface area contributed by atoms with Crippen LogP contribution in [0.3, 0.4) is 0 Å². The fourth-order valence-corrected chi connectivity index (χ4v) is 4.47. The van der Waals surface area contributed by atoms with Crippen LogP contribution in [0.25, 0.3) is 11.6 Å². The number of aliphatic carboxylic acids is 2. The highest BCUT2D eigenvalue weighted by molar-refractivity contribution is 6.38. The van der Waals surface area contributed by atoms with E-state index < -0.39 is 11.9 Å². The third-order valence-electron chi connectivity index (χ3n) is 5.55. The van der Waals surface area contributed by atoms with Gasteiger partial charge in [0.05, 0.1) is 16.9 Å².